The molecule has 0 bridgehead atoms. The van der Waals surface area contributed by atoms with Crippen molar-refractivity contribution in [3.05, 3.63) is 40.9 Å². The summed E-state index contributed by atoms with van der Waals surface area (Å²) in [5.41, 5.74) is 1.03. The molecule has 1 aliphatic rings. The van der Waals surface area contributed by atoms with Crippen LogP contribution in [0, 0.1) is 11.8 Å². The Balaban J connectivity index is 2.11. The Hall–Kier alpha value is -2.14. The Bertz CT molecular complexity index is 636. The molecule has 2 rings (SSSR count). The van der Waals surface area contributed by atoms with E-state index in [1.807, 2.05) is 0 Å². The molecular formula is C16H15ClNO4-. The summed E-state index contributed by atoms with van der Waals surface area (Å²) in [6.07, 6.45) is 1.97. The first-order valence-corrected chi connectivity index (χ1v) is 7.23. The molecule has 1 aromatic carbocycles. The maximum Gasteiger partial charge on any atom is 0.228 e. The summed E-state index contributed by atoms with van der Waals surface area (Å²) in [5.74, 6) is -3.41. The molecule has 0 unspecified atom stereocenters. The van der Waals surface area contributed by atoms with Crippen LogP contribution in [0.3, 0.4) is 0 Å². The molecule has 1 aromatic rings. The number of nitrogens with one attached hydrogen (secondary N) is 1. The highest BCUT2D eigenvalue weighted by Gasteiger charge is 2.32. The average molecular weight is 321 g/mol. The summed E-state index contributed by atoms with van der Waals surface area (Å²) in [7, 11) is 0. The van der Waals surface area contributed by atoms with Gasteiger partial charge in [0.1, 0.15) is 0 Å². The molecule has 0 saturated carbocycles. The van der Waals surface area contributed by atoms with Crippen molar-refractivity contribution in [2.75, 3.05) is 5.32 Å². The molecule has 1 amide bonds. The monoisotopic (exact) mass is 320 g/mol. The number of hydrogen-bond donors (Lipinski definition) is 1. The fraction of sp³-hybridized carbons (Fsp3) is 0.312. The lowest BCUT2D eigenvalue weighted by molar-refractivity contribution is -0.313. The van der Waals surface area contributed by atoms with E-state index in [0.29, 0.717) is 16.3 Å². The molecule has 1 aliphatic carbocycles. The van der Waals surface area contributed by atoms with Gasteiger partial charge < -0.3 is 15.2 Å². The molecule has 0 aromatic heterocycles. The van der Waals surface area contributed by atoms with E-state index in [1.54, 1.807) is 30.3 Å². The van der Waals surface area contributed by atoms with E-state index in [2.05, 4.69) is 5.32 Å². The van der Waals surface area contributed by atoms with Gasteiger partial charge in [-0.15, -0.1) is 0 Å². The molecule has 0 fully saturated rings. The van der Waals surface area contributed by atoms with Crippen molar-refractivity contribution in [3.63, 3.8) is 0 Å². The molecule has 22 heavy (non-hydrogen) atoms. The van der Waals surface area contributed by atoms with Crippen molar-refractivity contribution in [1.29, 1.82) is 0 Å². The van der Waals surface area contributed by atoms with Gasteiger partial charge in [-0.05, 0) is 44.0 Å². The molecule has 0 heterocycles. The summed E-state index contributed by atoms with van der Waals surface area (Å²) in [5, 5.41) is 14.3. The average Bonchev–Trinajstić information content (AvgIpc) is 2.47. The van der Waals surface area contributed by atoms with Crippen LogP contribution in [0.4, 0.5) is 5.69 Å². The van der Waals surface area contributed by atoms with Crippen LogP contribution in [-0.4, -0.2) is 17.7 Å². The van der Waals surface area contributed by atoms with Crippen LogP contribution in [0.2, 0.25) is 0 Å². The third-order valence-corrected chi connectivity index (χ3v) is 4.00. The zero-order valence-corrected chi connectivity index (χ0v) is 12.7. The van der Waals surface area contributed by atoms with Gasteiger partial charge in [-0.3, -0.25) is 9.59 Å². The lowest BCUT2D eigenvalue weighted by Gasteiger charge is -2.29. The number of carboxylic acid groups (broad SMARTS) is 1. The molecule has 2 atom stereocenters. The smallest absolute Gasteiger partial charge is 0.228 e. The molecule has 6 heteroatoms. The number of aliphatic carboxylic acids is 1. The number of Topliss-reactive ketones (excluding diaryl/α,β-unsaturated/α-hetero) is 1. The van der Waals surface area contributed by atoms with Crippen LogP contribution in [0.1, 0.15) is 30.1 Å². The van der Waals surface area contributed by atoms with Gasteiger partial charge in [0, 0.05) is 28.2 Å². The van der Waals surface area contributed by atoms with Crippen LogP contribution < -0.4 is 10.4 Å². The molecule has 1 N–H and O–H groups in total. The Labute approximate surface area is 133 Å². The maximum absolute atomic E-state index is 12.3. The second kappa shape index (κ2) is 6.75. The SMILES string of the molecule is CC(=O)c1ccc(NC(=O)[C@@H]2CC(Cl)=CC[C@H]2C(=O)[O-])cc1. The Kier molecular flexibility index (Phi) is 4.98. The van der Waals surface area contributed by atoms with Gasteiger partial charge in [0.15, 0.2) is 5.78 Å². The van der Waals surface area contributed by atoms with E-state index in [1.165, 1.54) is 6.92 Å². The minimum atomic E-state index is -1.26. The normalized spacial score (nSPS) is 20.9. The van der Waals surface area contributed by atoms with Gasteiger partial charge in [0.25, 0.3) is 0 Å². The number of carboxylic acids is 1. The Morgan fingerprint density at radius 3 is 2.36 bits per heavy atom. The minimum absolute atomic E-state index is 0.0703. The fourth-order valence-electron chi connectivity index (χ4n) is 2.41. The summed E-state index contributed by atoms with van der Waals surface area (Å²) >= 11 is 5.91. The number of hydrogen-bond acceptors (Lipinski definition) is 4. The second-order valence-corrected chi connectivity index (χ2v) is 5.73. The fourth-order valence-corrected chi connectivity index (χ4v) is 2.67. The Morgan fingerprint density at radius 2 is 1.82 bits per heavy atom. The van der Waals surface area contributed by atoms with Gasteiger partial charge in [-0.25, -0.2) is 0 Å². The topological polar surface area (TPSA) is 86.3 Å². The van der Waals surface area contributed by atoms with Crippen molar-refractivity contribution >= 4 is 34.9 Å². The predicted octanol–water partition coefficient (Wildman–Crippen LogP) is 1.73. The van der Waals surface area contributed by atoms with Gasteiger partial charge >= 0.3 is 0 Å². The van der Waals surface area contributed by atoms with Crippen molar-refractivity contribution in [1.82, 2.24) is 0 Å². The first-order valence-electron chi connectivity index (χ1n) is 6.85. The van der Waals surface area contributed by atoms with Crippen LogP contribution in [0.5, 0.6) is 0 Å². The number of carbonyl (C=O) groups is 3. The number of halogens is 1. The summed E-state index contributed by atoms with van der Waals surface area (Å²) in [4.78, 5) is 34.6. The van der Waals surface area contributed by atoms with Gasteiger partial charge in [-0.1, -0.05) is 17.7 Å². The molecule has 0 aliphatic heterocycles. The summed E-state index contributed by atoms with van der Waals surface area (Å²) in [6, 6.07) is 6.40. The van der Waals surface area contributed by atoms with E-state index in [0.717, 1.165) is 0 Å². The van der Waals surface area contributed by atoms with Crippen molar-refractivity contribution in [3.8, 4) is 0 Å². The third kappa shape index (κ3) is 3.74. The molecular weight excluding hydrogens is 306 g/mol. The standard InChI is InChI=1S/C16H16ClNO4/c1-9(19)10-2-5-12(6-3-10)18-15(20)14-8-11(17)4-7-13(14)16(21)22/h2-6,13-14H,7-8H2,1H3,(H,18,20)(H,21,22)/p-1/t13-,14-/m1/s1. The lowest BCUT2D eigenvalue weighted by Crippen LogP contribution is -2.42. The van der Waals surface area contributed by atoms with Gasteiger partial charge in [-0.2, -0.15) is 0 Å². The van der Waals surface area contributed by atoms with Crippen LogP contribution in [-0.2, 0) is 9.59 Å². The number of ketones is 1. The number of allylic oxidation sites excluding steroid dienone is 2. The van der Waals surface area contributed by atoms with E-state index in [-0.39, 0.29) is 18.6 Å². The van der Waals surface area contributed by atoms with E-state index in [4.69, 9.17) is 11.6 Å². The quantitative estimate of drug-likeness (QED) is 0.856. The van der Waals surface area contributed by atoms with Crippen LogP contribution in [0.25, 0.3) is 0 Å². The lowest BCUT2D eigenvalue weighted by atomic mass is 9.82. The number of carbonyl (C=O) groups excluding carboxylic acids is 3. The highest BCUT2D eigenvalue weighted by Crippen LogP contribution is 2.32. The van der Waals surface area contributed by atoms with E-state index < -0.39 is 23.7 Å². The first kappa shape index (κ1) is 16.2. The summed E-state index contributed by atoms with van der Waals surface area (Å²) in [6.45, 7) is 1.45. The highest BCUT2D eigenvalue weighted by atomic mass is 35.5. The van der Waals surface area contributed by atoms with E-state index in [9.17, 15) is 19.5 Å². The van der Waals surface area contributed by atoms with Crippen molar-refractivity contribution in [2.45, 2.75) is 19.8 Å². The number of rotatable bonds is 4. The van der Waals surface area contributed by atoms with Gasteiger partial charge in [0.05, 0.1) is 5.92 Å². The van der Waals surface area contributed by atoms with Crippen LogP contribution in [0.15, 0.2) is 35.4 Å². The Morgan fingerprint density at radius 1 is 1.18 bits per heavy atom. The summed E-state index contributed by atoms with van der Waals surface area (Å²) < 4.78 is 0. The first-order chi connectivity index (χ1) is 10.4. The number of amides is 1. The largest absolute Gasteiger partial charge is 0.550 e. The maximum atomic E-state index is 12.3. The highest BCUT2D eigenvalue weighted by molar-refractivity contribution is 6.29. The molecule has 116 valence electrons. The zero-order chi connectivity index (χ0) is 16.3. The predicted molar refractivity (Wildman–Crippen MR) is 80.2 cm³/mol. The second-order valence-electron chi connectivity index (χ2n) is 5.25. The molecule has 0 saturated heterocycles. The number of anilines is 1. The molecule has 0 spiro atoms. The van der Waals surface area contributed by atoms with Crippen molar-refractivity contribution in [2.24, 2.45) is 11.8 Å². The van der Waals surface area contributed by atoms with Crippen LogP contribution >= 0.6 is 11.6 Å². The zero-order valence-electron chi connectivity index (χ0n) is 12.0. The minimum Gasteiger partial charge on any atom is -0.550 e. The third-order valence-electron chi connectivity index (χ3n) is 3.69. The molecule has 0 radical (unpaired) electrons. The van der Waals surface area contributed by atoms with Gasteiger partial charge in [0.2, 0.25) is 5.91 Å². The van der Waals surface area contributed by atoms with Crippen molar-refractivity contribution < 1.29 is 19.5 Å². The van der Waals surface area contributed by atoms with E-state index >= 15 is 0 Å². The number of benzene rings is 1. The molecule has 5 nitrogen and oxygen atoms in total.